The quantitative estimate of drug-likeness (QED) is 0.218. The number of allylic oxidation sites excluding steroid dienone is 3. The standard InChI is InChI=1S/C8H10O3.Ca.2H/c1-3-4-5-6-8(10)11-7(2)9;;;/h3-6H,1-2H3;;;/q;+2;2*-1/b4-3+,6-5+;;;. The summed E-state index contributed by atoms with van der Waals surface area (Å²) in [5.74, 6) is -1.24. The predicted molar refractivity (Wildman–Crippen MR) is 48.7 cm³/mol. The van der Waals surface area contributed by atoms with Crippen LogP contribution in [0.1, 0.15) is 16.7 Å². The predicted octanol–water partition coefficient (Wildman–Crippen LogP) is 1.05. The summed E-state index contributed by atoms with van der Waals surface area (Å²) in [6, 6.07) is 0. The van der Waals surface area contributed by atoms with Crippen molar-refractivity contribution in [1.29, 1.82) is 0 Å². The van der Waals surface area contributed by atoms with Gasteiger partial charge < -0.3 is 7.59 Å². The summed E-state index contributed by atoms with van der Waals surface area (Å²) in [7, 11) is 0. The average molecular weight is 196 g/mol. The van der Waals surface area contributed by atoms with Crippen LogP contribution in [0.3, 0.4) is 0 Å². The Labute approximate surface area is 104 Å². The average Bonchev–Trinajstić information content (AvgIpc) is 1.86. The molecule has 0 aliphatic rings. The van der Waals surface area contributed by atoms with Crippen molar-refractivity contribution in [2.24, 2.45) is 0 Å². The smallest absolute Gasteiger partial charge is 1.00 e. The normalized spacial score (nSPS) is 9.83. The third-order valence-corrected chi connectivity index (χ3v) is 0.780. The van der Waals surface area contributed by atoms with Crippen LogP contribution in [0.4, 0.5) is 0 Å². The summed E-state index contributed by atoms with van der Waals surface area (Å²) in [5, 5.41) is 0. The number of carbonyl (C=O) groups is 2. The second kappa shape index (κ2) is 8.97. The van der Waals surface area contributed by atoms with E-state index in [2.05, 4.69) is 4.74 Å². The van der Waals surface area contributed by atoms with E-state index in [1.54, 1.807) is 12.2 Å². The van der Waals surface area contributed by atoms with Crippen molar-refractivity contribution in [1.82, 2.24) is 0 Å². The molecule has 0 bridgehead atoms. The zero-order valence-electron chi connectivity index (χ0n) is 9.24. The number of esters is 2. The van der Waals surface area contributed by atoms with E-state index in [4.69, 9.17) is 0 Å². The van der Waals surface area contributed by atoms with E-state index >= 15 is 0 Å². The van der Waals surface area contributed by atoms with Crippen molar-refractivity contribution >= 4 is 49.7 Å². The molecule has 0 unspecified atom stereocenters. The fourth-order valence-corrected chi connectivity index (χ4v) is 0.421. The van der Waals surface area contributed by atoms with E-state index in [9.17, 15) is 9.59 Å². The third-order valence-electron chi connectivity index (χ3n) is 0.780. The van der Waals surface area contributed by atoms with Crippen molar-refractivity contribution in [3.05, 3.63) is 24.3 Å². The van der Waals surface area contributed by atoms with Gasteiger partial charge in [-0.05, 0) is 6.92 Å². The molecule has 0 aromatic rings. The summed E-state index contributed by atoms with van der Waals surface area (Å²) >= 11 is 0. The molecule has 0 fully saturated rings. The first-order valence-electron chi connectivity index (χ1n) is 3.18. The van der Waals surface area contributed by atoms with Gasteiger partial charge in [0.05, 0.1) is 0 Å². The van der Waals surface area contributed by atoms with E-state index in [0.29, 0.717) is 0 Å². The fourth-order valence-electron chi connectivity index (χ4n) is 0.421. The molecule has 0 radical (unpaired) electrons. The molecule has 0 aromatic heterocycles. The molecular weight excluding hydrogens is 184 g/mol. The maximum Gasteiger partial charge on any atom is 2.00 e. The van der Waals surface area contributed by atoms with Crippen molar-refractivity contribution < 1.29 is 17.2 Å². The van der Waals surface area contributed by atoms with Gasteiger partial charge in [0.2, 0.25) is 0 Å². The van der Waals surface area contributed by atoms with Crippen LogP contribution >= 0.6 is 0 Å². The SMILES string of the molecule is C/C=C/C=C/C(=O)OC(C)=O.[Ca+2].[H-].[H-]. The van der Waals surface area contributed by atoms with E-state index in [-0.39, 0.29) is 40.6 Å². The second-order valence-corrected chi connectivity index (χ2v) is 1.80. The van der Waals surface area contributed by atoms with Crippen LogP contribution in [0.15, 0.2) is 24.3 Å². The Hall–Kier alpha value is -0.120. The molecule has 0 aromatic carbocycles. The van der Waals surface area contributed by atoms with Gasteiger partial charge in [-0.1, -0.05) is 18.2 Å². The molecule has 0 amide bonds. The zero-order valence-corrected chi connectivity index (χ0v) is 9.45. The third kappa shape index (κ3) is 9.88. The van der Waals surface area contributed by atoms with Gasteiger partial charge >= 0.3 is 49.7 Å². The van der Waals surface area contributed by atoms with Gasteiger partial charge in [-0.25, -0.2) is 4.79 Å². The van der Waals surface area contributed by atoms with Crippen LogP contribution in [0.25, 0.3) is 0 Å². The maximum absolute atomic E-state index is 10.6. The first-order valence-corrected chi connectivity index (χ1v) is 3.18. The molecule has 0 heterocycles. The number of hydrogen-bond donors (Lipinski definition) is 0. The Bertz CT molecular complexity index is 215. The van der Waals surface area contributed by atoms with Crippen LogP contribution < -0.4 is 0 Å². The van der Waals surface area contributed by atoms with Crippen LogP contribution in [0.2, 0.25) is 0 Å². The van der Waals surface area contributed by atoms with Crippen LogP contribution in [-0.2, 0) is 14.3 Å². The molecular formula is C8H12CaO3. The molecule has 0 spiro atoms. The first-order chi connectivity index (χ1) is 5.16. The van der Waals surface area contributed by atoms with E-state index in [1.807, 2.05) is 6.92 Å². The van der Waals surface area contributed by atoms with Gasteiger partial charge in [0.15, 0.2) is 0 Å². The Balaban J connectivity index is -0.000000167. The van der Waals surface area contributed by atoms with Crippen molar-refractivity contribution in [3.8, 4) is 0 Å². The van der Waals surface area contributed by atoms with E-state index < -0.39 is 11.9 Å². The number of carbonyl (C=O) groups excluding carboxylic acids is 2. The van der Waals surface area contributed by atoms with Gasteiger partial charge in [0, 0.05) is 13.0 Å². The van der Waals surface area contributed by atoms with Crippen LogP contribution in [0.5, 0.6) is 0 Å². The van der Waals surface area contributed by atoms with Crippen LogP contribution in [0, 0.1) is 0 Å². The van der Waals surface area contributed by atoms with Gasteiger partial charge in [0.1, 0.15) is 0 Å². The summed E-state index contributed by atoms with van der Waals surface area (Å²) in [6.07, 6.45) is 6.12. The van der Waals surface area contributed by atoms with Gasteiger partial charge in [-0.3, -0.25) is 4.79 Å². The monoisotopic (exact) mass is 196 g/mol. The van der Waals surface area contributed by atoms with Crippen LogP contribution in [-0.4, -0.2) is 49.7 Å². The maximum atomic E-state index is 10.6. The van der Waals surface area contributed by atoms with Gasteiger partial charge in [0.25, 0.3) is 0 Å². The summed E-state index contributed by atoms with van der Waals surface area (Å²) in [6.45, 7) is 3.00. The molecule has 0 N–H and O–H groups in total. The minimum atomic E-state index is -0.643. The Kier molecular flexibility index (Phi) is 10.8. The largest absolute Gasteiger partial charge is 2.00 e. The second-order valence-electron chi connectivity index (χ2n) is 1.80. The zero-order chi connectivity index (χ0) is 8.69. The molecule has 0 saturated carbocycles. The molecule has 0 atom stereocenters. The number of hydrogen-bond acceptors (Lipinski definition) is 3. The van der Waals surface area contributed by atoms with Gasteiger partial charge in [-0.2, -0.15) is 0 Å². The van der Waals surface area contributed by atoms with Crippen molar-refractivity contribution in [2.75, 3.05) is 0 Å². The number of ether oxygens (including phenoxy) is 1. The topological polar surface area (TPSA) is 43.4 Å². The Morgan fingerprint density at radius 1 is 1.33 bits per heavy atom. The first kappa shape index (κ1) is 14.4. The summed E-state index contributed by atoms with van der Waals surface area (Å²) in [4.78, 5) is 20.8. The van der Waals surface area contributed by atoms with E-state index in [0.717, 1.165) is 0 Å². The Morgan fingerprint density at radius 2 is 1.92 bits per heavy atom. The Morgan fingerprint density at radius 3 is 2.33 bits per heavy atom. The fraction of sp³-hybridized carbons (Fsp3) is 0.250. The van der Waals surface area contributed by atoms with E-state index in [1.165, 1.54) is 19.1 Å². The molecule has 0 aliphatic carbocycles. The summed E-state index contributed by atoms with van der Waals surface area (Å²) < 4.78 is 4.20. The molecule has 0 aliphatic heterocycles. The minimum absolute atomic E-state index is 0. The van der Waals surface area contributed by atoms with Gasteiger partial charge in [-0.15, -0.1) is 0 Å². The number of rotatable bonds is 2. The van der Waals surface area contributed by atoms with Crippen molar-refractivity contribution in [3.63, 3.8) is 0 Å². The molecule has 0 rings (SSSR count). The molecule has 64 valence electrons. The summed E-state index contributed by atoms with van der Waals surface area (Å²) in [5.41, 5.74) is 0. The molecule has 4 heteroatoms. The minimum Gasteiger partial charge on any atom is -1.00 e. The molecule has 3 nitrogen and oxygen atoms in total. The molecule has 12 heavy (non-hydrogen) atoms. The van der Waals surface area contributed by atoms with Crippen molar-refractivity contribution in [2.45, 2.75) is 13.8 Å². The molecule has 0 saturated heterocycles.